The molecule has 0 unspecified atom stereocenters. The van der Waals surface area contributed by atoms with Gasteiger partial charge in [0.2, 0.25) is 10.0 Å². The van der Waals surface area contributed by atoms with Crippen molar-refractivity contribution in [1.82, 2.24) is 14.5 Å². The second-order valence-corrected chi connectivity index (χ2v) is 9.71. The summed E-state index contributed by atoms with van der Waals surface area (Å²) < 4.78 is 32.3. The Balaban J connectivity index is 1.89. The van der Waals surface area contributed by atoms with E-state index in [0.717, 1.165) is 10.6 Å². The highest BCUT2D eigenvalue weighted by Gasteiger charge is 2.24. The zero-order valence-corrected chi connectivity index (χ0v) is 18.9. The van der Waals surface area contributed by atoms with Crippen LogP contribution in [0.4, 0.5) is 5.82 Å². The Morgan fingerprint density at radius 1 is 1.20 bits per heavy atom. The van der Waals surface area contributed by atoms with Crippen molar-refractivity contribution in [2.45, 2.75) is 25.7 Å². The van der Waals surface area contributed by atoms with Crippen LogP contribution in [-0.4, -0.2) is 49.0 Å². The van der Waals surface area contributed by atoms with Crippen LogP contribution in [0, 0.1) is 6.92 Å². The Labute approximate surface area is 179 Å². The van der Waals surface area contributed by atoms with Crippen LogP contribution in [0.25, 0.3) is 10.6 Å². The zero-order valence-electron chi connectivity index (χ0n) is 17.2. The molecule has 0 spiro atoms. The predicted molar refractivity (Wildman–Crippen MR) is 118 cm³/mol. The number of carbonyl (C=O) groups excluding carboxylic acids is 1. The summed E-state index contributed by atoms with van der Waals surface area (Å²) >= 11 is 1.61. The number of benzene rings is 1. The number of aromatic amines is 1. The number of hydrogen-bond donors (Lipinski definition) is 2. The lowest BCUT2D eigenvalue weighted by atomic mass is 10.2. The zero-order chi connectivity index (χ0) is 21.9. The van der Waals surface area contributed by atoms with Crippen LogP contribution in [0.2, 0.25) is 0 Å². The Morgan fingerprint density at radius 2 is 1.93 bits per heavy atom. The van der Waals surface area contributed by atoms with E-state index in [9.17, 15) is 13.2 Å². The molecule has 0 saturated heterocycles. The molecule has 0 saturated carbocycles. The van der Waals surface area contributed by atoms with Crippen molar-refractivity contribution in [3.8, 4) is 16.3 Å². The fourth-order valence-electron chi connectivity index (χ4n) is 3.01. The number of anilines is 1. The Morgan fingerprint density at radius 3 is 2.53 bits per heavy atom. The molecule has 1 aromatic carbocycles. The van der Waals surface area contributed by atoms with Gasteiger partial charge in [0.1, 0.15) is 5.75 Å². The maximum Gasteiger partial charge on any atom is 0.260 e. The number of aryl methyl sites for hydroxylation is 1. The minimum atomic E-state index is -3.71. The van der Waals surface area contributed by atoms with Crippen LogP contribution in [0.3, 0.4) is 0 Å². The van der Waals surface area contributed by atoms with Crippen molar-refractivity contribution in [1.29, 1.82) is 0 Å². The molecular formula is C20H24N4O4S2. The van der Waals surface area contributed by atoms with Gasteiger partial charge in [0.25, 0.3) is 5.91 Å². The average molecular weight is 449 g/mol. The first-order chi connectivity index (χ1) is 14.3. The number of nitrogens with one attached hydrogen (secondary N) is 2. The van der Waals surface area contributed by atoms with Crippen molar-refractivity contribution < 1.29 is 17.9 Å². The smallest absolute Gasteiger partial charge is 0.260 e. The molecule has 0 radical (unpaired) electrons. The number of H-pyrrole nitrogens is 1. The SMILES string of the molecule is CCN(CC)S(=O)(=O)c1ccc(OC)c(C(=O)Nc2cc(-c3ccc(C)s3)[nH]n2)c1. The molecule has 0 atom stereocenters. The number of methoxy groups -OCH3 is 1. The van der Waals surface area contributed by atoms with Crippen molar-refractivity contribution >= 4 is 33.1 Å². The van der Waals surface area contributed by atoms with Crippen molar-refractivity contribution in [3.05, 3.63) is 46.8 Å². The fourth-order valence-corrected chi connectivity index (χ4v) is 5.33. The molecule has 160 valence electrons. The van der Waals surface area contributed by atoms with Crippen LogP contribution >= 0.6 is 11.3 Å². The number of rotatable bonds is 8. The summed E-state index contributed by atoms with van der Waals surface area (Å²) in [5.41, 5.74) is 0.899. The van der Waals surface area contributed by atoms with Crippen LogP contribution < -0.4 is 10.1 Å². The first-order valence-corrected chi connectivity index (χ1v) is 11.7. The first kappa shape index (κ1) is 22.0. The molecule has 10 heteroatoms. The highest BCUT2D eigenvalue weighted by atomic mass is 32.2. The number of thiophene rings is 1. The van der Waals surface area contributed by atoms with Gasteiger partial charge >= 0.3 is 0 Å². The third-order valence-corrected chi connectivity index (χ3v) is 7.66. The average Bonchev–Trinajstić information content (AvgIpc) is 3.37. The van der Waals surface area contributed by atoms with E-state index in [1.165, 1.54) is 34.5 Å². The normalized spacial score (nSPS) is 11.6. The number of ether oxygens (including phenoxy) is 1. The van der Waals surface area contributed by atoms with Crippen LogP contribution in [0.1, 0.15) is 29.1 Å². The third kappa shape index (κ3) is 4.40. The van der Waals surface area contributed by atoms with Crippen molar-refractivity contribution in [3.63, 3.8) is 0 Å². The van der Waals surface area contributed by atoms with Gasteiger partial charge in [0.15, 0.2) is 5.82 Å². The summed E-state index contributed by atoms with van der Waals surface area (Å²) in [4.78, 5) is 15.1. The topological polar surface area (TPSA) is 104 Å². The molecular weight excluding hydrogens is 424 g/mol. The van der Waals surface area contributed by atoms with Crippen LogP contribution in [-0.2, 0) is 10.0 Å². The van der Waals surface area contributed by atoms with Gasteiger partial charge in [-0.05, 0) is 37.3 Å². The van der Waals surface area contributed by atoms with Gasteiger partial charge in [0.05, 0.1) is 28.1 Å². The molecule has 1 amide bonds. The molecule has 0 fully saturated rings. The lowest BCUT2D eigenvalue weighted by Crippen LogP contribution is -2.30. The largest absolute Gasteiger partial charge is 0.496 e. The van der Waals surface area contributed by atoms with E-state index in [-0.39, 0.29) is 16.2 Å². The molecule has 30 heavy (non-hydrogen) atoms. The second-order valence-electron chi connectivity index (χ2n) is 6.48. The maximum atomic E-state index is 12.9. The number of aromatic nitrogens is 2. The van der Waals surface area contributed by atoms with Gasteiger partial charge in [-0.25, -0.2) is 8.42 Å². The van der Waals surface area contributed by atoms with E-state index < -0.39 is 15.9 Å². The summed E-state index contributed by atoms with van der Waals surface area (Å²) in [7, 11) is -2.28. The monoisotopic (exact) mass is 448 g/mol. The quantitative estimate of drug-likeness (QED) is 0.546. The number of carbonyl (C=O) groups is 1. The maximum absolute atomic E-state index is 12.9. The standard InChI is InChI=1S/C20H24N4O4S2/c1-5-24(6-2)30(26,27)14-8-9-17(28-4)15(11-14)20(25)21-19-12-16(22-23-19)18-10-7-13(3)29-18/h7-12H,5-6H2,1-4H3,(H2,21,22,23,25). The van der Waals surface area contributed by atoms with Gasteiger partial charge in [0, 0.05) is 24.0 Å². The fraction of sp³-hybridized carbons (Fsp3) is 0.300. The summed E-state index contributed by atoms with van der Waals surface area (Å²) in [6, 6.07) is 9.96. The summed E-state index contributed by atoms with van der Waals surface area (Å²) in [6.45, 7) is 6.22. The first-order valence-electron chi connectivity index (χ1n) is 9.41. The third-order valence-electron chi connectivity index (χ3n) is 4.58. The van der Waals surface area contributed by atoms with E-state index in [1.807, 2.05) is 19.1 Å². The number of nitrogens with zero attached hydrogens (tertiary/aromatic N) is 2. The molecule has 3 aromatic rings. The Kier molecular flexibility index (Phi) is 6.59. The van der Waals surface area contributed by atoms with Gasteiger partial charge in [-0.1, -0.05) is 13.8 Å². The van der Waals surface area contributed by atoms with Gasteiger partial charge in [-0.2, -0.15) is 9.40 Å². The van der Waals surface area contributed by atoms with Crippen molar-refractivity contribution in [2.75, 3.05) is 25.5 Å². The highest BCUT2D eigenvalue weighted by Crippen LogP contribution is 2.29. The molecule has 0 aliphatic carbocycles. The lowest BCUT2D eigenvalue weighted by molar-refractivity contribution is 0.102. The van der Waals surface area contributed by atoms with E-state index in [1.54, 1.807) is 31.3 Å². The second kappa shape index (κ2) is 8.99. The van der Waals surface area contributed by atoms with E-state index in [2.05, 4.69) is 15.5 Å². The highest BCUT2D eigenvalue weighted by molar-refractivity contribution is 7.89. The number of hydrogen-bond acceptors (Lipinski definition) is 6. The van der Waals surface area contributed by atoms with Gasteiger partial charge in [-0.15, -0.1) is 11.3 Å². The Bertz CT molecular complexity index is 1150. The molecule has 2 N–H and O–H groups in total. The Hall–Kier alpha value is -2.69. The summed E-state index contributed by atoms with van der Waals surface area (Å²) in [5.74, 6) is 0.0969. The molecule has 8 nitrogen and oxygen atoms in total. The molecule has 0 aliphatic rings. The molecule has 2 heterocycles. The predicted octanol–water partition coefficient (Wildman–Crippen LogP) is 3.74. The molecule has 3 rings (SSSR count). The van der Waals surface area contributed by atoms with E-state index in [4.69, 9.17) is 4.74 Å². The van der Waals surface area contributed by atoms with Crippen LogP contribution in [0.15, 0.2) is 41.3 Å². The van der Waals surface area contributed by atoms with Gasteiger partial charge < -0.3 is 10.1 Å². The van der Waals surface area contributed by atoms with E-state index in [0.29, 0.717) is 18.9 Å². The molecule has 2 aromatic heterocycles. The lowest BCUT2D eigenvalue weighted by Gasteiger charge is -2.19. The minimum Gasteiger partial charge on any atom is -0.496 e. The number of sulfonamides is 1. The van der Waals surface area contributed by atoms with Gasteiger partial charge in [-0.3, -0.25) is 9.89 Å². The summed E-state index contributed by atoms with van der Waals surface area (Å²) in [5, 5.41) is 9.73. The molecule has 0 bridgehead atoms. The van der Waals surface area contributed by atoms with Crippen LogP contribution in [0.5, 0.6) is 5.75 Å². The number of amides is 1. The molecule has 0 aliphatic heterocycles. The van der Waals surface area contributed by atoms with Crippen molar-refractivity contribution in [2.24, 2.45) is 0 Å². The minimum absolute atomic E-state index is 0.0360. The van der Waals surface area contributed by atoms with E-state index >= 15 is 0 Å². The summed E-state index contributed by atoms with van der Waals surface area (Å²) in [6.07, 6.45) is 0.